The van der Waals surface area contributed by atoms with E-state index in [0.717, 1.165) is 0 Å². The lowest BCUT2D eigenvalue weighted by atomic mass is 10.1. The Morgan fingerprint density at radius 2 is 1.87 bits per heavy atom. The molecule has 23 heavy (non-hydrogen) atoms. The van der Waals surface area contributed by atoms with Gasteiger partial charge in [0.25, 0.3) is 0 Å². The third kappa shape index (κ3) is 5.85. The minimum Gasteiger partial charge on any atom is -0.378 e. The Balaban J connectivity index is 1.85. The number of ether oxygens (including phenoxy) is 1. The van der Waals surface area contributed by atoms with Crippen LogP contribution in [0.5, 0.6) is 0 Å². The predicted molar refractivity (Wildman–Crippen MR) is 87.0 cm³/mol. The Bertz CT molecular complexity index is 704. The standard InChI is InChI=1S/C14H22N2O5S2/c1-12-11-13(7-9-21-12)16-22(17,18)10-8-15-23(19,20)14-5-3-2-4-6-14/h2-6,12-13,15-16H,7-11H2,1H3/t12-,13+/m0/s1. The third-order valence-corrected chi connectivity index (χ3v) is 6.46. The van der Waals surface area contributed by atoms with Gasteiger partial charge in [-0.15, -0.1) is 0 Å². The summed E-state index contributed by atoms with van der Waals surface area (Å²) < 4.78 is 58.4. The van der Waals surface area contributed by atoms with E-state index in [1.54, 1.807) is 18.2 Å². The molecule has 1 fully saturated rings. The average Bonchev–Trinajstić information content (AvgIpc) is 2.47. The minimum absolute atomic E-state index is 0.0213. The SMILES string of the molecule is C[C@H]1C[C@H](NS(=O)(=O)CCNS(=O)(=O)c2ccccc2)CCO1. The van der Waals surface area contributed by atoms with E-state index in [1.165, 1.54) is 12.1 Å². The summed E-state index contributed by atoms with van der Waals surface area (Å²) >= 11 is 0. The summed E-state index contributed by atoms with van der Waals surface area (Å²) in [5, 5.41) is 0. The van der Waals surface area contributed by atoms with E-state index in [2.05, 4.69) is 9.44 Å². The van der Waals surface area contributed by atoms with Crippen LogP contribution in [0.4, 0.5) is 0 Å². The zero-order valence-corrected chi connectivity index (χ0v) is 14.6. The van der Waals surface area contributed by atoms with Crippen molar-refractivity contribution < 1.29 is 21.6 Å². The smallest absolute Gasteiger partial charge is 0.240 e. The van der Waals surface area contributed by atoms with Crippen LogP contribution >= 0.6 is 0 Å². The summed E-state index contributed by atoms with van der Waals surface area (Å²) in [6, 6.07) is 7.69. The molecule has 1 aliphatic heterocycles. The molecule has 7 nitrogen and oxygen atoms in total. The molecule has 9 heteroatoms. The van der Waals surface area contributed by atoms with E-state index in [0.29, 0.717) is 19.4 Å². The zero-order chi connectivity index (χ0) is 16.9. The zero-order valence-electron chi connectivity index (χ0n) is 12.9. The second kappa shape index (κ2) is 7.71. The molecule has 0 spiro atoms. The number of benzene rings is 1. The van der Waals surface area contributed by atoms with E-state index in [4.69, 9.17) is 4.74 Å². The lowest BCUT2D eigenvalue weighted by Gasteiger charge is -2.27. The quantitative estimate of drug-likeness (QED) is 0.733. The maximum absolute atomic E-state index is 12.0. The summed E-state index contributed by atoms with van der Waals surface area (Å²) in [6.07, 6.45) is 1.27. The first-order valence-corrected chi connectivity index (χ1v) is 10.6. The topological polar surface area (TPSA) is 102 Å². The molecule has 0 aliphatic carbocycles. The molecular formula is C14H22N2O5S2. The molecular weight excluding hydrogens is 340 g/mol. The van der Waals surface area contributed by atoms with Crippen LogP contribution in [0.25, 0.3) is 0 Å². The molecule has 1 saturated heterocycles. The van der Waals surface area contributed by atoms with Gasteiger partial charge in [-0.25, -0.2) is 26.3 Å². The van der Waals surface area contributed by atoms with Gasteiger partial charge in [0, 0.05) is 19.2 Å². The van der Waals surface area contributed by atoms with Crippen molar-refractivity contribution >= 4 is 20.0 Å². The Hall–Kier alpha value is -1.00. The Morgan fingerprint density at radius 3 is 2.52 bits per heavy atom. The van der Waals surface area contributed by atoms with Gasteiger partial charge in [-0.1, -0.05) is 18.2 Å². The monoisotopic (exact) mass is 362 g/mol. The van der Waals surface area contributed by atoms with Crippen molar-refractivity contribution in [1.82, 2.24) is 9.44 Å². The average molecular weight is 362 g/mol. The van der Waals surface area contributed by atoms with Crippen LogP contribution < -0.4 is 9.44 Å². The molecule has 1 aromatic carbocycles. The van der Waals surface area contributed by atoms with Crippen molar-refractivity contribution in [3.8, 4) is 0 Å². The second-order valence-corrected chi connectivity index (χ2v) is 9.19. The number of sulfonamides is 2. The van der Waals surface area contributed by atoms with Crippen molar-refractivity contribution in [3.63, 3.8) is 0 Å². The third-order valence-electron chi connectivity index (χ3n) is 3.55. The van der Waals surface area contributed by atoms with E-state index < -0.39 is 20.0 Å². The maximum Gasteiger partial charge on any atom is 0.240 e. The Labute approximate surface area is 137 Å². The highest BCUT2D eigenvalue weighted by atomic mass is 32.2. The first-order chi connectivity index (χ1) is 10.8. The summed E-state index contributed by atoms with van der Waals surface area (Å²) in [5.74, 6) is -0.301. The van der Waals surface area contributed by atoms with Crippen molar-refractivity contribution in [1.29, 1.82) is 0 Å². The fourth-order valence-electron chi connectivity index (χ4n) is 2.41. The molecule has 0 amide bonds. The van der Waals surface area contributed by atoms with Crippen LogP contribution in [0.15, 0.2) is 35.2 Å². The highest BCUT2D eigenvalue weighted by Gasteiger charge is 2.24. The number of hydrogen-bond acceptors (Lipinski definition) is 5. The minimum atomic E-state index is -3.69. The maximum atomic E-state index is 12.0. The van der Waals surface area contributed by atoms with Gasteiger partial charge in [0.2, 0.25) is 20.0 Å². The van der Waals surface area contributed by atoms with Crippen molar-refractivity contribution in [2.24, 2.45) is 0 Å². The largest absolute Gasteiger partial charge is 0.378 e. The predicted octanol–water partition coefficient (Wildman–Crippen LogP) is 0.452. The van der Waals surface area contributed by atoms with Gasteiger partial charge < -0.3 is 4.74 Å². The molecule has 0 unspecified atom stereocenters. The van der Waals surface area contributed by atoms with Crippen molar-refractivity contribution in [2.45, 2.75) is 36.8 Å². The van der Waals surface area contributed by atoms with E-state index in [-0.39, 0.29) is 29.3 Å². The molecule has 1 heterocycles. The van der Waals surface area contributed by atoms with E-state index in [9.17, 15) is 16.8 Å². The second-order valence-electron chi connectivity index (χ2n) is 5.55. The van der Waals surface area contributed by atoms with Gasteiger partial charge in [-0.2, -0.15) is 0 Å². The van der Waals surface area contributed by atoms with Crippen LogP contribution in [-0.4, -0.2) is 47.9 Å². The summed E-state index contributed by atoms with van der Waals surface area (Å²) in [6.45, 7) is 2.24. The van der Waals surface area contributed by atoms with Gasteiger partial charge in [0.05, 0.1) is 16.8 Å². The van der Waals surface area contributed by atoms with Crippen LogP contribution in [0, 0.1) is 0 Å². The molecule has 2 N–H and O–H groups in total. The van der Waals surface area contributed by atoms with E-state index >= 15 is 0 Å². The molecule has 0 bridgehead atoms. The number of nitrogens with one attached hydrogen (secondary N) is 2. The van der Waals surface area contributed by atoms with Crippen LogP contribution in [0.1, 0.15) is 19.8 Å². The van der Waals surface area contributed by atoms with Gasteiger partial charge in [-0.05, 0) is 31.9 Å². The molecule has 2 rings (SSSR count). The molecule has 0 aromatic heterocycles. The molecule has 1 aliphatic rings. The van der Waals surface area contributed by atoms with Gasteiger partial charge in [0.1, 0.15) is 0 Å². The highest BCUT2D eigenvalue weighted by molar-refractivity contribution is 7.90. The first-order valence-electron chi connectivity index (χ1n) is 7.45. The van der Waals surface area contributed by atoms with Crippen LogP contribution in [0.3, 0.4) is 0 Å². The molecule has 130 valence electrons. The summed E-state index contributed by atoms with van der Waals surface area (Å²) in [7, 11) is -7.23. The fourth-order valence-corrected chi connectivity index (χ4v) is 4.80. The summed E-state index contributed by atoms with van der Waals surface area (Å²) in [4.78, 5) is 0.114. The highest BCUT2D eigenvalue weighted by Crippen LogP contribution is 2.14. The molecule has 0 radical (unpaired) electrons. The van der Waals surface area contributed by atoms with Gasteiger partial charge in [-0.3, -0.25) is 0 Å². The normalized spacial score (nSPS) is 22.8. The van der Waals surface area contributed by atoms with Gasteiger partial charge >= 0.3 is 0 Å². The number of rotatable bonds is 7. The lowest BCUT2D eigenvalue weighted by Crippen LogP contribution is -2.43. The molecule has 0 saturated carbocycles. The lowest BCUT2D eigenvalue weighted by molar-refractivity contribution is 0.0173. The van der Waals surface area contributed by atoms with Crippen molar-refractivity contribution in [2.75, 3.05) is 18.9 Å². The molecule has 1 aromatic rings. The first kappa shape index (κ1) is 18.3. The Kier molecular flexibility index (Phi) is 6.15. The van der Waals surface area contributed by atoms with E-state index in [1.807, 2.05) is 6.92 Å². The van der Waals surface area contributed by atoms with Crippen molar-refractivity contribution in [3.05, 3.63) is 30.3 Å². The summed E-state index contributed by atoms with van der Waals surface area (Å²) in [5.41, 5.74) is 0. The van der Waals surface area contributed by atoms with Crippen LogP contribution in [0.2, 0.25) is 0 Å². The van der Waals surface area contributed by atoms with Gasteiger partial charge in [0.15, 0.2) is 0 Å². The number of hydrogen-bond donors (Lipinski definition) is 2. The Morgan fingerprint density at radius 1 is 1.17 bits per heavy atom. The molecule has 2 atom stereocenters. The van der Waals surface area contributed by atoms with Crippen LogP contribution in [-0.2, 0) is 24.8 Å². The fraction of sp³-hybridized carbons (Fsp3) is 0.571.